The fourth-order valence-electron chi connectivity index (χ4n) is 2.65. The number of fused-ring (bicyclic) bond motifs is 1. The summed E-state index contributed by atoms with van der Waals surface area (Å²) < 4.78 is 12.2. The molecule has 0 bridgehead atoms. The maximum absolute atomic E-state index is 12.3. The number of hydrogen-bond acceptors (Lipinski definition) is 7. The molecule has 0 spiro atoms. The van der Waals surface area contributed by atoms with Crippen LogP contribution in [0.2, 0.25) is 0 Å². The van der Waals surface area contributed by atoms with Gasteiger partial charge in [-0.3, -0.25) is 4.79 Å². The molecule has 0 N–H and O–H groups in total. The summed E-state index contributed by atoms with van der Waals surface area (Å²) in [6, 6.07) is 18.0. The molecular weight excluding hydrogens is 390 g/mol. The number of para-hydroxylation sites is 1. The molecule has 8 heteroatoms. The van der Waals surface area contributed by atoms with E-state index in [-0.39, 0.29) is 12.2 Å². The summed E-state index contributed by atoms with van der Waals surface area (Å²) in [5.74, 6) is 0.326. The van der Waals surface area contributed by atoms with Crippen LogP contribution in [0.25, 0.3) is 4.96 Å². The topological polar surface area (TPSA) is 82.8 Å². The third-order valence-electron chi connectivity index (χ3n) is 4.08. The number of ether oxygens (including phenoxy) is 2. The Morgan fingerprint density at radius 1 is 1.07 bits per heavy atom. The fourth-order valence-corrected chi connectivity index (χ4v) is 3.51. The molecule has 2 aromatic carbocycles. The molecule has 0 radical (unpaired) electrons. The summed E-state index contributed by atoms with van der Waals surface area (Å²) in [7, 11) is 0. The summed E-state index contributed by atoms with van der Waals surface area (Å²) in [5.41, 5.74) is 1.74. The van der Waals surface area contributed by atoms with Crippen LogP contribution in [0.4, 0.5) is 0 Å². The lowest BCUT2D eigenvalue weighted by Crippen LogP contribution is -2.14. The average molecular weight is 407 g/mol. The Bertz CT molecular complexity index is 1200. The van der Waals surface area contributed by atoms with Gasteiger partial charge in [0.25, 0.3) is 5.56 Å². The lowest BCUT2D eigenvalue weighted by atomic mass is 10.1. The minimum Gasteiger partial charge on any atom is -0.489 e. The average Bonchev–Trinajstić information content (AvgIpc) is 3.15. The number of rotatable bonds is 6. The Hall–Kier alpha value is -3.52. The van der Waals surface area contributed by atoms with Crippen molar-refractivity contribution in [2.45, 2.75) is 20.1 Å². The molecule has 4 rings (SSSR count). The normalized spacial score (nSPS) is 10.8. The molecule has 29 heavy (non-hydrogen) atoms. The van der Waals surface area contributed by atoms with Crippen LogP contribution in [-0.4, -0.2) is 20.6 Å². The van der Waals surface area contributed by atoms with Gasteiger partial charge in [-0.15, -0.1) is 0 Å². The number of nitrogens with zero attached hydrogens (tertiary/aromatic N) is 3. The molecule has 146 valence electrons. The predicted octanol–water partition coefficient (Wildman–Crippen LogP) is 3.40. The molecule has 0 atom stereocenters. The van der Waals surface area contributed by atoms with Crippen molar-refractivity contribution in [1.82, 2.24) is 14.6 Å². The van der Waals surface area contributed by atoms with Crippen molar-refractivity contribution in [1.29, 1.82) is 0 Å². The maximum atomic E-state index is 12.3. The summed E-state index contributed by atoms with van der Waals surface area (Å²) in [6.45, 7) is 2.13. The van der Waals surface area contributed by atoms with Crippen LogP contribution in [0, 0.1) is 6.92 Å². The number of esters is 1. The van der Waals surface area contributed by atoms with E-state index in [2.05, 4.69) is 10.1 Å². The van der Waals surface area contributed by atoms with Gasteiger partial charge < -0.3 is 9.47 Å². The van der Waals surface area contributed by atoms with Gasteiger partial charge in [0.05, 0.1) is 5.56 Å². The van der Waals surface area contributed by atoms with Crippen molar-refractivity contribution in [2.24, 2.45) is 0 Å². The van der Waals surface area contributed by atoms with Crippen molar-refractivity contribution in [2.75, 3.05) is 0 Å². The van der Waals surface area contributed by atoms with E-state index in [4.69, 9.17) is 9.47 Å². The standard InChI is InChI=1S/C21H17N3O4S/c1-14-11-19(25)24-21(22-14)29-18(23-24)13-28-20(26)16-9-7-15(8-10-16)12-27-17-5-3-2-4-6-17/h2-11H,12-13H2,1H3. The molecule has 0 fully saturated rings. The lowest BCUT2D eigenvalue weighted by Gasteiger charge is -2.07. The molecule has 0 aliphatic heterocycles. The van der Waals surface area contributed by atoms with Gasteiger partial charge in [0.15, 0.2) is 5.01 Å². The molecule has 4 aromatic rings. The first-order valence-corrected chi connectivity index (χ1v) is 9.70. The van der Waals surface area contributed by atoms with Crippen molar-refractivity contribution in [3.63, 3.8) is 0 Å². The van der Waals surface area contributed by atoms with Gasteiger partial charge in [-0.05, 0) is 36.8 Å². The van der Waals surface area contributed by atoms with Gasteiger partial charge in [0.1, 0.15) is 19.0 Å². The van der Waals surface area contributed by atoms with Crippen LogP contribution < -0.4 is 10.3 Å². The first-order valence-electron chi connectivity index (χ1n) is 8.89. The van der Waals surface area contributed by atoms with Crippen LogP contribution in [-0.2, 0) is 18.0 Å². The van der Waals surface area contributed by atoms with Crippen LogP contribution in [0.1, 0.15) is 26.6 Å². The maximum Gasteiger partial charge on any atom is 0.338 e. The van der Waals surface area contributed by atoms with Gasteiger partial charge in [0.2, 0.25) is 4.96 Å². The molecule has 0 saturated heterocycles. The SMILES string of the molecule is Cc1cc(=O)n2nc(COC(=O)c3ccc(COc4ccccc4)cc3)sc2n1. The number of benzene rings is 2. The number of aryl methyl sites for hydroxylation is 1. The molecule has 0 unspecified atom stereocenters. The predicted molar refractivity (Wildman–Crippen MR) is 108 cm³/mol. The highest BCUT2D eigenvalue weighted by Gasteiger charge is 2.12. The Kier molecular flexibility index (Phi) is 5.35. The van der Waals surface area contributed by atoms with Crippen LogP contribution in [0.15, 0.2) is 65.5 Å². The van der Waals surface area contributed by atoms with Gasteiger partial charge in [-0.2, -0.15) is 9.61 Å². The number of carbonyl (C=O) groups is 1. The number of carbonyl (C=O) groups excluding carboxylic acids is 1. The Morgan fingerprint density at radius 2 is 1.83 bits per heavy atom. The molecule has 0 aliphatic carbocycles. The summed E-state index contributed by atoms with van der Waals surface area (Å²) >= 11 is 1.22. The van der Waals surface area contributed by atoms with E-state index in [1.54, 1.807) is 19.1 Å². The molecule has 2 heterocycles. The van der Waals surface area contributed by atoms with Crippen LogP contribution in [0.3, 0.4) is 0 Å². The lowest BCUT2D eigenvalue weighted by molar-refractivity contribution is 0.0471. The van der Waals surface area contributed by atoms with Crippen LogP contribution in [0.5, 0.6) is 5.75 Å². The minimum absolute atomic E-state index is 0.0236. The summed E-state index contributed by atoms with van der Waals surface area (Å²) in [6.07, 6.45) is 0. The second kappa shape index (κ2) is 8.24. The molecule has 0 saturated carbocycles. The van der Waals surface area contributed by atoms with Gasteiger partial charge >= 0.3 is 5.97 Å². The third-order valence-corrected chi connectivity index (χ3v) is 4.96. The van der Waals surface area contributed by atoms with E-state index >= 15 is 0 Å². The zero-order valence-corrected chi connectivity index (χ0v) is 16.4. The quantitative estimate of drug-likeness (QED) is 0.456. The summed E-state index contributed by atoms with van der Waals surface area (Å²) in [4.78, 5) is 28.9. The smallest absolute Gasteiger partial charge is 0.338 e. The second-order valence-corrected chi connectivity index (χ2v) is 7.34. The van der Waals surface area contributed by atoms with E-state index in [1.807, 2.05) is 42.5 Å². The van der Waals surface area contributed by atoms with Gasteiger partial charge in [0, 0.05) is 11.8 Å². The largest absolute Gasteiger partial charge is 0.489 e. The van der Waals surface area contributed by atoms with E-state index < -0.39 is 5.97 Å². The zero-order chi connectivity index (χ0) is 20.2. The Labute approximate surface area is 170 Å². The third kappa shape index (κ3) is 4.49. The first-order chi connectivity index (χ1) is 14.1. The fraction of sp³-hybridized carbons (Fsp3) is 0.143. The van der Waals surface area contributed by atoms with Crippen molar-refractivity contribution in [3.05, 3.63) is 92.8 Å². The number of hydrogen-bond donors (Lipinski definition) is 0. The van der Waals surface area contributed by atoms with Crippen molar-refractivity contribution >= 4 is 22.3 Å². The monoisotopic (exact) mass is 407 g/mol. The Balaban J connectivity index is 1.36. The van der Waals surface area contributed by atoms with E-state index in [0.717, 1.165) is 11.3 Å². The van der Waals surface area contributed by atoms with E-state index in [9.17, 15) is 9.59 Å². The number of aromatic nitrogens is 3. The van der Waals surface area contributed by atoms with E-state index in [1.165, 1.54) is 21.9 Å². The minimum atomic E-state index is -0.462. The van der Waals surface area contributed by atoms with E-state index in [0.29, 0.717) is 27.8 Å². The highest BCUT2D eigenvalue weighted by atomic mass is 32.1. The van der Waals surface area contributed by atoms with Crippen LogP contribution >= 0.6 is 11.3 Å². The van der Waals surface area contributed by atoms with Gasteiger partial charge in [-0.25, -0.2) is 9.78 Å². The van der Waals surface area contributed by atoms with Crippen molar-refractivity contribution < 1.29 is 14.3 Å². The molecule has 0 amide bonds. The molecular formula is C21H17N3O4S. The van der Waals surface area contributed by atoms with Gasteiger partial charge in [-0.1, -0.05) is 41.7 Å². The molecule has 7 nitrogen and oxygen atoms in total. The molecule has 2 aromatic heterocycles. The Morgan fingerprint density at radius 3 is 2.59 bits per heavy atom. The second-order valence-electron chi connectivity index (χ2n) is 6.30. The van der Waals surface area contributed by atoms with Crippen molar-refractivity contribution in [3.8, 4) is 5.75 Å². The molecule has 0 aliphatic rings. The highest BCUT2D eigenvalue weighted by molar-refractivity contribution is 7.16. The highest BCUT2D eigenvalue weighted by Crippen LogP contribution is 2.15. The first kappa shape index (κ1) is 18.8. The zero-order valence-electron chi connectivity index (χ0n) is 15.6. The summed E-state index contributed by atoms with van der Waals surface area (Å²) in [5, 5.41) is 4.65.